The van der Waals surface area contributed by atoms with Crippen LogP contribution in [-0.2, 0) is 0 Å². The van der Waals surface area contributed by atoms with Crippen molar-refractivity contribution in [2.75, 3.05) is 11.9 Å². The second kappa shape index (κ2) is 7.58. The van der Waals surface area contributed by atoms with Gasteiger partial charge in [0.25, 0.3) is 0 Å². The van der Waals surface area contributed by atoms with Crippen molar-refractivity contribution in [2.24, 2.45) is 16.1 Å². The summed E-state index contributed by atoms with van der Waals surface area (Å²) in [6.45, 7) is 6.20. The Balaban J connectivity index is 0.00000289. The fourth-order valence-corrected chi connectivity index (χ4v) is 1.17. The molecule has 0 heterocycles. The number of guanidine groups is 1. The molecule has 0 fully saturated rings. The SMILES string of the molecule is CC(C)(C)C(O)CN=C(N)Nc1ccccc1.I. The van der Waals surface area contributed by atoms with E-state index in [1.54, 1.807) is 0 Å². The van der Waals surface area contributed by atoms with Gasteiger partial charge in [0.15, 0.2) is 5.96 Å². The molecule has 0 aliphatic heterocycles. The van der Waals surface area contributed by atoms with E-state index in [1.165, 1.54) is 0 Å². The summed E-state index contributed by atoms with van der Waals surface area (Å²) < 4.78 is 0. The van der Waals surface area contributed by atoms with Crippen LogP contribution in [0.4, 0.5) is 5.69 Å². The minimum atomic E-state index is -0.501. The molecule has 1 unspecified atom stereocenters. The number of nitrogens with two attached hydrogens (primary N) is 1. The fraction of sp³-hybridized carbons (Fsp3) is 0.462. The maximum absolute atomic E-state index is 9.81. The van der Waals surface area contributed by atoms with Crippen molar-refractivity contribution in [1.29, 1.82) is 0 Å². The van der Waals surface area contributed by atoms with Crippen LogP contribution in [0.3, 0.4) is 0 Å². The van der Waals surface area contributed by atoms with Gasteiger partial charge in [-0.25, -0.2) is 0 Å². The fourth-order valence-electron chi connectivity index (χ4n) is 1.17. The number of nitrogens with one attached hydrogen (secondary N) is 1. The Bertz CT molecular complexity index is 374. The highest BCUT2D eigenvalue weighted by Crippen LogP contribution is 2.18. The Morgan fingerprint density at radius 2 is 1.89 bits per heavy atom. The summed E-state index contributed by atoms with van der Waals surface area (Å²) >= 11 is 0. The smallest absolute Gasteiger partial charge is 0.193 e. The van der Waals surface area contributed by atoms with E-state index < -0.39 is 6.10 Å². The highest BCUT2D eigenvalue weighted by Gasteiger charge is 2.21. The largest absolute Gasteiger partial charge is 0.391 e. The molecule has 0 saturated carbocycles. The summed E-state index contributed by atoms with van der Waals surface area (Å²) in [5.41, 5.74) is 6.43. The third-order valence-electron chi connectivity index (χ3n) is 2.48. The van der Waals surface area contributed by atoms with Crippen LogP contribution in [0.1, 0.15) is 20.8 Å². The molecule has 5 heteroatoms. The summed E-state index contributed by atoms with van der Waals surface area (Å²) in [4.78, 5) is 4.12. The number of hydrogen-bond acceptors (Lipinski definition) is 2. The number of rotatable bonds is 3. The first-order valence-electron chi connectivity index (χ1n) is 5.69. The van der Waals surface area contributed by atoms with Gasteiger partial charge in [-0.2, -0.15) is 0 Å². The van der Waals surface area contributed by atoms with Gasteiger partial charge in [0, 0.05) is 5.69 Å². The molecule has 1 atom stereocenters. The Kier molecular flexibility index (Phi) is 7.23. The quantitative estimate of drug-likeness (QED) is 0.439. The molecule has 4 N–H and O–H groups in total. The number of aliphatic imine (C=N–C) groups is 1. The van der Waals surface area contributed by atoms with E-state index in [0.29, 0.717) is 12.5 Å². The Labute approximate surface area is 126 Å². The third-order valence-corrected chi connectivity index (χ3v) is 2.48. The van der Waals surface area contributed by atoms with Gasteiger partial charge in [0.1, 0.15) is 0 Å². The van der Waals surface area contributed by atoms with Crippen LogP contribution in [0.5, 0.6) is 0 Å². The number of hydrogen-bond donors (Lipinski definition) is 3. The van der Waals surface area contributed by atoms with E-state index in [0.717, 1.165) is 5.69 Å². The van der Waals surface area contributed by atoms with Gasteiger partial charge in [-0.15, -0.1) is 24.0 Å². The zero-order valence-corrected chi connectivity index (χ0v) is 13.4. The van der Waals surface area contributed by atoms with Gasteiger partial charge in [-0.05, 0) is 17.5 Å². The molecule has 18 heavy (non-hydrogen) atoms. The van der Waals surface area contributed by atoms with Crippen molar-refractivity contribution in [2.45, 2.75) is 26.9 Å². The normalized spacial score (nSPS) is 13.7. The predicted molar refractivity (Wildman–Crippen MR) is 87.4 cm³/mol. The number of benzene rings is 1. The van der Waals surface area contributed by atoms with E-state index in [1.807, 2.05) is 51.1 Å². The third kappa shape index (κ3) is 6.20. The summed E-state index contributed by atoms with van der Waals surface area (Å²) in [5, 5.41) is 12.8. The lowest BCUT2D eigenvalue weighted by Gasteiger charge is -2.24. The maximum Gasteiger partial charge on any atom is 0.193 e. The van der Waals surface area contributed by atoms with Crippen LogP contribution >= 0.6 is 24.0 Å². The van der Waals surface area contributed by atoms with Gasteiger partial charge < -0.3 is 16.2 Å². The number of halogens is 1. The molecular formula is C13H22IN3O. The summed E-state index contributed by atoms with van der Waals surface area (Å²) in [6, 6.07) is 9.58. The standard InChI is InChI=1S/C13H21N3O.HI/c1-13(2,3)11(17)9-15-12(14)16-10-7-5-4-6-8-10;/h4-8,11,17H,9H2,1-3H3,(H3,14,15,16);1H. The number of aliphatic hydroxyl groups excluding tert-OH is 1. The van der Waals surface area contributed by atoms with Crippen molar-refractivity contribution in [1.82, 2.24) is 0 Å². The van der Waals surface area contributed by atoms with Crippen LogP contribution in [-0.4, -0.2) is 23.7 Å². The predicted octanol–water partition coefficient (Wildman–Crippen LogP) is 2.44. The molecule has 4 nitrogen and oxygen atoms in total. The molecule has 0 aliphatic rings. The molecule has 1 rings (SSSR count). The van der Waals surface area contributed by atoms with Crippen LogP contribution in [0.25, 0.3) is 0 Å². The minimum absolute atomic E-state index is 0. The molecule has 1 aromatic rings. The summed E-state index contributed by atoms with van der Waals surface area (Å²) in [6.07, 6.45) is -0.501. The van der Waals surface area contributed by atoms with Crippen LogP contribution in [0, 0.1) is 5.41 Å². The average molecular weight is 363 g/mol. The lowest BCUT2D eigenvalue weighted by Crippen LogP contribution is -2.31. The molecule has 0 spiro atoms. The van der Waals surface area contributed by atoms with Gasteiger partial charge in [-0.1, -0.05) is 39.0 Å². The van der Waals surface area contributed by atoms with Gasteiger partial charge in [0.05, 0.1) is 12.6 Å². The zero-order chi connectivity index (χ0) is 12.9. The molecule has 0 radical (unpaired) electrons. The number of nitrogens with zero attached hydrogens (tertiary/aromatic N) is 1. The van der Waals surface area contributed by atoms with E-state index >= 15 is 0 Å². The van der Waals surface area contributed by atoms with Crippen LogP contribution in [0.15, 0.2) is 35.3 Å². The minimum Gasteiger partial charge on any atom is -0.391 e. The van der Waals surface area contributed by atoms with Crippen molar-refractivity contribution >= 4 is 35.6 Å². The molecule has 0 saturated heterocycles. The summed E-state index contributed by atoms with van der Waals surface area (Å²) in [7, 11) is 0. The average Bonchev–Trinajstić information content (AvgIpc) is 2.26. The molecule has 0 bridgehead atoms. The number of para-hydroxylation sites is 1. The van der Waals surface area contributed by atoms with E-state index in [9.17, 15) is 5.11 Å². The van der Waals surface area contributed by atoms with Gasteiger partial charge in [-0.3, -0.25) is 4.99 Å². The number of aliphatic hydroxyl groups is 1. The van der Waals surface area contributed by atoms with E-state index in [2.05, 4.69) is 10.3 Å². The van der Waals surface area contributed by atoms with Gasteiger partial charge >= 0.3 is 0 Å². The second-order valence-electron chi connectivity index (χ2n) is 5.10. The molecular weight excluding hydrogens is 341 g/mol. The lowest BCUT2D eigenvalue weighted by atomic mass is 9.89. The molecule has 0 amide bonds. The monoisotopic (exact) mass is 363 g/mol. The summed E-state index contributed by atoms with van der Waals surface area (Å²) in [5.74, 6) is 0.319. The molecule has 1 aromatic carbocycles. The van der Waals surface area contributed by atoms with Crippen molar-refractivity contribution < 1.29 is 5.11 Å². The van der Waals surface area contributed by atoms with E-state index in [-0.39, 0.29) is 29.4 Å². The van der Waals surface area contributed by atoms with Crippen molar-refractivity contribution in [3.63, 3.8) is 0 Å². The molecule has 0 aromatic heterocycles. The van der Waals surface area contributed by atoms with E-state index in [4.69, 9.17) is 5.73 Å². The van der Waals surface area contributed by atoms with Gasteiger partial charge in [0.2, 0.25) is 0 Å². The van der Waals surface area contributed by atoms with Crippen molar-refractivity contribution in [3.05, 3.63) is 30.3 Å². The maximum atomic E-state index is 9.81. The van der Waals surface area contributed by atoms with Crippen LogP contribution in [0.2, 0.25) is 0 Å². The zero-order valence-electron chi connectivity index (χ0n) is 11.1. The second-order valence-corrected chi connectivity index (χ2v) is 5.10. The molecule has 0 aliphatic carbocycles. The first-order valence-corrected chi connectivity index (χ1v) is 5.69. The number of anilines is 1. The highest BCUT2D eigenvalue weighted by atomic mass is 127. The Morgan fingerprint density at radius 3 is 2.39 bits per heavy atom. The molecule has 102 valence electrons. The first-order chi connectivity index (χ1) is 7.89. The first kappa shape index (κ1) is 17.2. The Morgan fingerprint density at radius 1 is 1.33 bits per heavy atom. The van der Waals surface area contributed by atoms with Crippen molar-refractivity contribution in [3.8, 4) is 0 Å². The lowest BCUT2D eigenvalue weighted by molar-refractivity contribution is 0.0713. The Hall–Kier alpha value is -0.820. The van der Waals surface area contributed by atoms with Crippen LogP contribution < -0.4 is 11.1 Å². The highest BCUT2D eigenvalue weighted by molar-refractivity contribution is 14.0. The topological polar surface area (TPSA) is 70.6 Å².